The van der Waals surface area contributed by atoms with Crippen LogP contribution in [-0.4, -0.2) is 4.57 Å². The second-order valence-electron chi connectivity index (χ2n) is 12.6. The molecule has 42 heavy (non-hydrogen) atoms. The predicted molar refractivity (Wildman–Crippen MR) is 180 cm³/mol. The molecule has 0 bridgehead atoms. The van der Waals surface area contributed by atoms with Gasteiger partial charge in [0.2, 0.25) is 0 Å². The summed E-state index contributed by atoms with van der Waals surface area (Å²) in [6, 6.07) is 32.8. The molecule has 3 heteroatoms. The number of hydrogen-bond acceptors (Lipinski definition) is 0. The van der Waals surface area contributed by atoms with E-state index < -0.39 is 0 Å². The highest BCUT2D eigenvalue weighted by atomic mass is 35.5. The number of nitrogens with zero attached hydrogens (tertiary/aromatic N) is 2. The minimum absolute atomic E-state index is 0.352. The molecule has 0 amide bonds. The van der Waals surface area contributed by atoms with Crippen LogP contribution in [0, 0.1) is 0 Å². The van der Waals surface area contributed by atoms with Gasteiger partial charge in [-0.1, -0.05) is 122 Å². The maximum atomic E-state index is 6.42. The lowest BCUT2D eigenvalue weighted by Crippen LogP contribution is -2.35. The van der Waals surface area contributed by atoms with Crippen LogP contribution >= 0.6 is 11.6 Å². The lowest BCUT2D eigenvalue weighted by Gasteiger charge is -2.20. The van der Waals surface area contributed by atoms with Crippen LogP contribution in [0.5, 0.6) is 0 Å². The van der Waals surface area contributed by atoms with Crippen LogP contribution in [0.15, 0.2) is 97.2 Å². The maximum absolute atomic E-state index is 6.42. The van der Waals surface area contributed by atoms with Gasteiger partial charge in [-0.2, -0.15) is 9.13 Å². The quantitative estimate of drug-likeness (QED) is 0.163. The predicted octanol–water partition coefficient (Wildman–Crippen LogP) is 11.2. The number of rotatable bonds is 8. The molecule has 1 aromatic heterocycles. The largest absolute Gasteiger partial charge is 0.299 e. The van der Waals surface area contributed by atoms with Crippen LogP contribution in [0.4, 0.5) is 0 Å². The Bertz CT molecular complexity index is 1620. The molecule has 1 heterocycles. The molecule has 0 atom stereocenters. The van der Waals surface area contributed by atoms with Gasteiger partial charge >= 0.3 is 0 Å². The van der Waals surface area contributed by atoms with Crippen molar-refractivity contribution >= 4 is 11.6 Å². The molecule has 0 saturated carbocycles. The fourth-order valence-electron chi connectivity index (χ4n) is 6.10. The summed E-state index contributed by atoms with van der Waals surface area (Å²) in [4.78, 5) is 0. The van der Waals surface area contributed by atoms with Crippen LogP contribution in [0.25, 0.3) is 34.0 Å². The smallest absolute Gasteiger partial charge is 0.194 e. The molecule has 0 unspecified atom stereocenters. The molecule has 2 nitrogen and oxygen atoms in total. The van der Waals surface area contributed by atoms with Gasteiger partial charge < -0.3 is 0 Å². The second-order valence-corrected chi connectivity index (χ2v) is 13.0. The Morgan fingerprint density at radius 2 is 1.00 bits per heavy atom. The van der Waals surface area contributed by atoms with Crippen molar-refractivity contribution in [2.24, 2.45) is 0 Å². The summed E-state index contributed by atoms with van der Waals surface area (Å²) in [5, 5.41) is 0.741. The van der Waals surface area contributed by atoms with Gasteiger partial charge in [-0.3, -0.25) is 0 Å². The van der Waals surface area contributed by atoms with Crippen molar-refractivity contribution in [3.63, 3.8) is 0 Å². The number of benzene rings is 4. The van der Waals surface area contributed by atoms with E-state index in [9.17, 15) is 0 Å². The molecule has 0 fully saturated rings. The monoisotopic (exact) mass is 575 g/mol. The Morgan fingerprint density at radius 3 is 1.48 bits per heavy atom. The summed E-state index contributed by atoms with van der Waals surface area (Å²) in [6.07, 6.45) is 2.36. The SMILES string of the molecule is CC(C)c1cccc(C(C)C)c1-n1c(-c2ccc(Cl)cc2)c[n+](-c2c(C(C)C)cccc2C(C)C)c1-c1ccccc1. The summed E-state index contributed by atoms with van der Waals surface area (Å²) in [5.41, 5.74) is 11.4. The highest BCUT2D eigenvalue weighted by molar-refractivity contribution is 6.30. The van der Waals surface area contributed by atoms with Crippen molar-refractivity contribution in [3.8, 4) is 34.0 Å². The molecule has 216 valence electrons. The number of imidazole rings is 1. The fraction of sp³-hybridized carbons (Fsp3) is 0.308. The summed E-state index contributed by atoms with van der Waals surface area (Å²) in [5.74, 6) is 2.60. The first-order valence-corrected chi connectivity index (χ1v) is 15.7. The normalized spacial score (nSPS) is 11.8. The highest BCUT2D eigenvalue weighted by Gasteiger charge is 2.34. The zero-order valence-corrected chi connectivity index (χ0v) is 27.1. The summed E-state index contributed by atoms with van der Waals surface area (Å²) >= 11 is 6.42. The Labute approximate surface area is 257 Å². The Hall–Kier alpha value is -3.62. The number of para-hydroxylation sites is 2. The van der Waals surface area contributed by atoms with Crippen molar-refractivity contribution in [3.05, 3.63) is 124 Å². The van der Waals surface area contributed by atoms with E-state index in [2.05, 4.69) is 150 Å². The van der Waals surface area contributed by atoms with E-state index in [1.807, 2.05) is 12.1 Å². The Kier molecular flexibility index (Phi) is 8.76. The van der Waals surface area contributed by atoms with E-state index in [1.165, 1.54) is 39.2 Å². The molecular weight excluding hydrogens is 532 g/mol. The molecule has 0 aliphatic heterocycles. The third kappa shape index (κ3) is 5.57. The minimum atomic E-state index is 0.352. The van der Waals surface area contributed by atoms with Crippen molar-refractivity contribution in [1.29, 1.82) is 0 Å². The summed E-state index contributed by atoms with van der Waals surface area (Å²) in [7, 11) is 0. The number of halogens is 1. The van der Waals surface area contributed by atoms with E-state index in [-0.39, 0.29) is 0 Å². The van der Waals surface area contributed by atoms with Gasteiger partial charge in [0.05, 0.1) is 5.56 Å². The van der Waals surface area contributed by atoms with Crippen LogP contribution < -0.4 is 4.57 Å². The molecule has 5 aromatic rings. The van der Waals surface area contributed by atoms with Gasteiger partial charge in [-0.25, -0.2) is 0 Å². The van der Waals surface area contributed by atoms with Gasteiger partial charge in [0, 0.05) is 32.8 Å². The number of hydrogen-bond donors (Lipinski definition) is 0. The topological polar surface area (TPSA) is 8.81 Å². The van der Waals surface area contributed by atoms with E-state index in [1.54, 1.807) is 0 Å². The Balaban J connectivity index is 2.05. The maximum Gasteiger partial charge on any atom is 0.299 e. The first kappa shape index (κ1) is 29.9. The molecule has 0 spiro atoms. The molecule has 0 aliphatic rings. The molecule has 0 saturated heterocycles. The van der Waals surface area contributed by atoms with Gasteiger partial charge in [0.25, 0.3) is 5.82 Å². The first-order valence-electron chi connectivity index (χ1n) is 15.3. The number of aromatic nitrogens is 2. The third-order valence-electron chi connectivity index (χ3n) is 8.25. The van der Waals surface area contributed by atoms with Crippen LogP contribution in [0.3, 0.4) is 0 Å². The Morgan fingerprint density at radius 1 is 0.524 bits per heavy atom. The van der Waals surface area contributed by atoms with Crippen molar-refractivity contribution in [2.75, 3.05) is 0 Å². The van der Waals surface area contributed by atoms with Crippen LogP contribution in [-0.2, 0) is 0 Å². The lowest BCUT2D eigenvalue weighted by molar-refractivity contribution is -0.583. The van der Waals surface area contributed by atoms with Gasteiger partial charge in [-0.05, 0) is 60.1 Å². The van der Waals surface area contributed by atoms with E-state index >= 15 is 0 Å². The van der Waals surface area contributed by atoms with E-state index in [0.717, 1.165) is 22.1 Å². The average molecular weight is 576 g/mol. The average Bonchev–Trinajstić information content (AvgIpc) is 3.36. The van der Waals surface area contributed by atoms with Gasteiger partial charge in [-0.15, -0.1) is 0 Å². The van der Waals surface area contributed by atoms with Crippen LogP contribution in [0.1, 0.15) is 101 Å². The van der Waals surface area contributed by atoms with E-state index in [4.69, 9.17) is 11.6 Å². The zero-order chi connectivity index (χ0) is 30.1. The van der Waals surface area contributed by atoms with Crippen molar-refractivity contribution < 1.29 is 4.57 Å². The highest BCUT2D eigenvalue weighted by Crippen LogP contribution is 2.39. The standard InChI is InChI=1S/C39H44ClN2/c1-25(2)32-16-12-17-33(26(3)4)37(32)41-24-36(29-20-22-31(40)23-21-29)42(39(41)30-14-10-9-11-15-30)38-34(27(5)6)18-13-19-35(38)28(7)8/h9-28H,1-8H3/q+1. The minimum Gasteiger partial charge on any atom is -0.194 e. The molecule has 5 rings (SSSR count). The first-order chi connectivity index (χ1) is 20.1. The van der Waals surface area contributed by atoms with Gasteiger partial charge in [0.1, 0.15) is 17.6 Å². The molecule has 4 aromatic carbocycles. The molecule has 0 radical (unpaired) electrons. The summed E-state index contributed by atoms with van der Waals surface area (Å²) in [6.45, 7) is 18.4. The van der Waals surface area contributed by atoms with E-state index in [0.29, 0.717) is 23.7 Å². The second kappa shape index (κ2) is 12.3. The molecule has 0 aliphatic carbocycles. The lowest BCUT2D eigenvalue weighted by atomic mass is 9.91. The van der Waals surface area contributed by atoms with Crippen LogP contribution in [0.2, 0.25) is 5.02 Å². The fourth-order valence-corrected chi connectivity index (χ4v) is 6.23. The summed E-state index contributed by atoms with van der Waals surface area (Å²) < 4.78 is 5.01. The van der Waals surface area contributed by atoms with Crippen molar-refractivity contribution in [2.45, 2.75) is 79.1 Å². The van der Waals surface area contributed by atoms with Crippen molar-refractivity contribution in [1.82, 2.24) is 4.57 Å². The molecule has 0 N–H and O–H groups in total. The molecular formula is C39H44ClN2+. The van der Waals surface area contributed by atoms with Gasteiger partial charge in [0.15, 0.2) is 5.69 Å². The third-order valence-corrected chi connectivity index (χ3v) is 8.51. The zero-order valence-electron chi connectivity index (χ0n) is 26.3.